The number of amides is 1. The van der Waals surface area contributed by atoms with Crippen molar-refractivity contribution in [1.29, 1.82) is 0 Å². The Morgan fingerprint density at radius 2 is 2.25 bits per heavy atom. The van der Waals surface area contributed by atoms with Crippen molar-refractivity contribution in [1.82, 2.24) is 19.7 Å². The molecule has 1 amide bonds. The van der Waals surface area contributed by atoms with Crippen LogP contribution in [0.1, 0.15) is 42.1 Å². The first-order valence-corrected chi connectivity index (χ1v) is 8.85. The second kappa shape index (κ2) is 6.04. The summed E-state index contributed by atoms with van der Waals surface area (Å²) < 4.78 is 2.05. The van der Waals surface area contributed by atoms with Crippen molar-refractivity contribution in [3.8, 4) is 0 Å². The fraction of sp³-hybridized carbons (Fsp3) is 0.526. The van der Waals surface area contributed by atoms with Gasteiger partial charge in [0.25, 0.3) is 0 Å². The maximum atomic E-state index is 13.0. The van der Waals surface area contributed by atoms with E-state index in [9.17, 15) is 4.79 Å². The van der Waals surface area contributed by atoms with Crippen molar-refractivity contribution >= 4 is 5.91 Å². The van der Waals surface area contributed by atoms with Crippen LogP contribution < -0.4 is 0 Å². The van der Waals surface area contributed by atoms with E-state index >= 15 is 0 Å². The standard InChI is InChI=1S/C19H24N4O/c1-13-9-14(2)23(21-13)12-16-6-4-8-22(16)19(24)18-10-17(18)15-5-3-7-20-11-15/h3,5,7,9,11,16-18H,4,6,8,10,12H2,1-2H3/t16-,17-,18-/m0/s1. The Balaban J connectivity index is 1.44. The van der Waals surface area contributed by atoms with Gasteiger partial charge in [0, 0.05) is 30.6 Å². The maximum absolute atomic E-state index is 13.0. The van der Waals surface area contributed by atoms with Gasteiger partial charge in [-0.15, -0.1) is 0 Å². The van der Waals surface area contributed by atoms with Crippen molar-refractivity contribution in [2.24, 2.45) is 5.92 Å². The molecule has 126 valence electrons. The molecule has 3 heterocycles. The number of carbonyl (C=O) groups excluding carboxylic acids is 1. The molecule has 0 aromatic carbocycles. The van der Waals surface area contributed by atoms with E-state index in [0.717, 1.165) is 38.0 Å². The van der Waals surface area contributed by atoms with Crippen LogP contribution in [0, 0.1) is 19.8 Å². The van der Waals surface area contributed by atoms with Crippen LogP contribution in [0.25, 0.3) is 0 Å². The van der Waals surface area contributed by atoms with E-state index in [-0.39, 0.29) is 12.0 Å². The second-order valence-corrected chi connectivity index (χ2v) is 7.17. The number of pyridine rings is 1. The van der Waals surface area contributed by atoms with E-state index < -0.39 is 0 Å². The number of hydrogen-bond acceptors (Lipinski definition) is 3. The Hall–Kier alpha value is -2.17. The van der Waals surface area contributed by atoms with Crippen LogP contribution in [0.4, 0.5) is 0 Å². The van der Waals surface area contributed by atoms with Crippen LogP contribution in [0.5, 0.6) is 0 Å². The summed E-state index contributed by atoms with van der Waals surface area (Å²) in [5.74, 6) is 0.837. The monoisotopic (exact) mass is 324 g/mol. The zero-order valence-electron chi connectivity index (χ0n) is 14.4. The van der Waals surface area contributed by atoms with Crippen LogP contribution >= 0.6 is 0 Å². The molecule has 0 spiro atoms. The van der Waals surface area contributed by atoms with Crippen LogP contribution in [-0.4, -0.2) is 38.2 Å². The van der Waals surface area contributed by atoms with Gasteiger partial charge in [0.05, 0.1) is 18.3 Å². The third kappa shape index (κ3) is 2.83. The Labute approximate surface area is 142 Å². The Kier molecular flexibility index (Phi) is 3.87. The summed E-state index contributed by atoms with van der Waals surface area (Å²) >= 11 is 0. The van der Waals surface area contributed by atoms with Gasteiger partial charge in [-0.05, 0) is 56.7 Å². The fourth-order valence-electron chi connectivity index (χ4n) is 4.02. The molecule has 2 aromatic rings. The number of aryl methyl sites for hydroxylation is 2. The topological polar surface area (TPSA) is 51.0 Å². The molecule has 0 N–H and O–H groups in total. The second-order valence-electron chi connectivity index (χ2n) is 7.17. The third-order valence-corrected chi connectivity index (χ3v) is 5.37. The average Bonchev–Trinajstić information content (AvgIpc) is 3.15. The van der Waals surface area contributed by atoms with Crippen molar-refractivity contribution in [2.75, 3.05) is 6.54 Å². The van der Waals surface area contributed by atoms with E-state index in [1.807, 2.05) is 19.2 Å². The average molecular weight is 324 g/mol. The van der Waals surface area contributed by atoms with E-state index in [1.54, 1.807) is 6.20 Å². The van der Waals surface area contributed by atoms with Gasteiger partial charge in [-0.3, -0.25) is 14.5 Å². The third-order valence-electron chi connectivity index (χ3n) is 5.37. The number of hydrogen-bond donors (Lipinski definition) is 0. The van der Waals surface area contributed by atoms with Gasteiger partial charge in [-0.25, -0.2) is 0 Å². The number of carbonyl (C=O) groups is 1. The zero-order chi connectivity index (χ0) is 16.7. The predicted molar refractivity (Wildman–Crippen MR) is 91.5 cm³/mol. The van der Waals surface area contributed by atoms with Gasteiger partial charge in [-0.1, -0.05) is 6.07 Å². The lowest BCUT2D eigenvalue weighted by molar-refractivity contribution is -0.133. The van der Waals surface area contributed by atoms with Gasteiger partial charge in [-0.2, -0.15) is 5.10 Å². The summed E-state index contributed by atoms with van der Waals surface area (Å²) in [5, 5.41) is 4.56. The van der Waals surface area contributed by atoms with Gasteiger partial charge < -0.3 is 4.90 Å². The summed E-state index contributed by atoms with van der Waals surface area (Å²) in [7, 11) is 0. The van der Waals surface area contributed by atoms with E-state index in [1.165, 1.54) is 11.3 Å². The Morgan fingerprint density at radius 3 is 2.96 bits per heavy atom. The minimum absolute atomic E-state index is 0.148. The highest BCUT2D eigenvalue weighted by molar-refractivity contribution is 5.83. The molecule has 1 aliphatic carbocycles. The molecular formula is C19H24N4O. The lowest BCUT2D eigenvalue weighted by atomic mass is 10.1. The zero-order valence-corrected chi connectivity index (χ0v) is 14.4. The summed E-state index contributed by atoms with van der Waals surface area (Å²) in [5.41, 5.74) is 3.42. The summed E-state index contributed by atoms with van der Waals surface area (Å²) in [6, 6.07) is 6.42. The minimum atomic E-state index is 0.148. The summed E-state index contributed by atoms with van der Waals surface area (Å²) in [6.45, 7) is 5.80. The smallest absolute Gasteiger partial charge is 0.226 e. The molecule has 2 aromatic heterocycles. The molecule has 0 radical (unpaired) electrons. The first-order chi connectivity index (χ1) is 11.6. The number of aromatic nitrogens is 3. The van der Waals surface area contributed by atoms with Crippen LogP contribution in [0.15, 0.2) is 30.6 Å². The maximum Gasteiger partial charge on any atom is 0.226 e. The SMILES string of the molecule is Cc1cc(C)n(C[C@@H]2CCCN2C(=O)[C@H]2C[C@H]2c2cccnc2)n1. The minimum Gasteiger partial charge on any atom is -0.338 e. The highest BCUT2D eigenvalue weighted by atomic mass is 16.2. The molecule has 0 unspecified atom stereocenters. The molecule has 3 atom stereocenters. The van der Waals surface area contributed by atoms with E-state index in [2.05, 4.69) is 38.7 Å². The lowest BCUT2D eigenvalue weighted by Crippen LogP contribution is -2.39. The molecule has 1 saturated carbocycles. The van der Waals surface area contributed by atoms with Crippen molar-refractivity contribution < 1.29 is 4.79 Å². The first-order valence-electron chi connectivity index (χ1n) is 8.85. The van der Waals surface area contributed by atoms with Crippen LogP contribution in [0.2, 0.25) is 0 Å². The predicted octanol–water partition coefficient (Wildman–Crippen LogP) is 2.69. The van der Waals surface area contributed by atoms with E-state index in [4.69, 9.17) is 0 Å². The first kappa shape index (κ1) is 15.4. The molecule has 5 nitrogen and oxygen atoms in total. The number of nitrogens with zero attached hydrogens (tertiary/aromatic N) is 4. The number of rotatable bonds is 4. The molecule has 2 aliphatic rings. The highest BCUT2D eigenvalue weighted by Crippen LogP contribution is 2.48. The molecule has 0 bridgehead atoms. The molecule has 1 aliphatic heterocycles. The highest BCUT2D eigenvalue weighted by Gasteiger charge is 2.47. The molecule has 1 saturated heterocycles. The molecule has 24 heavy (non-hydrogen) atoms. The molecule has 2 fully saturated rings. The quantitative estimate of drug-likeness (QED) is 0.869. The lowest BCUT2D eigenvalue weighted by Gasteiger charge is -2.25. The fourth-order valence-corrected chi connectivity index (χ4v) is 4.02. The number of likely N-dealkylation sites (tertiary alicyclic amines) is 1. The van der Waals surface area contributed by atoms with Crippen molar-refractivity contribution in [2.45, 2.75) is 51.6 Å². The molecular weight excluding hydrogens is 300 g/mol. The largest absolute Gasteiger partial charge is 0.338 e. The Bertz CT molecular complexity index is 739. The van der Waals surface area contributed by atoms with Gasteiger partial charge in [0.15, 0.2) is 0 Å². The van der Waals surface area contributed by atoms with Crippen molar-refractivity contribution in [3.63, 3.8) is 0 Å². The summed E-state index contributed by atoms with van der Waals surface area (Å²) in [6.07, 6.45) is 6.82. The Morgan fingerprint density at radius 1 is 1.38 bits per heavy atom. The molecule has 4 rings (SSSR count). The van der Waals surface area contributed by atoms with E-state index in [0.29, 0.717) is 11.8 Å². The van der Waals surface area contributed by atoms with Gasteiger partial charge in [0.1, 0.15) is 0 Å². The molecule has 5 heteroatoms. The van der Waals surface area contributed by atoms with Crippen LogP contribution in [0.3, 0.4) is 0 Å². The van der Waals surface area contributed by atoms with Crippen LogP contribution in [-0.2, 0) is 11.3 Å². The van der Waals surface area contributed by atoms with Gasteiger partial charge in [0.2, 0.25) is 5.91 Å². The normalized spacial score (nSPS) is 25.9. The van der Waals surface area contributed by atoms with Crippen molar-refractivity contribution in [3.05, 3.63) is 47.5 Å². The van der Waals surface area contributed by atoms with Gasteiger partial charge >= 0.3 is 0 Å². The summed E-state index contributed by atoms with van der Waals surface area (Å²) in [4.78, 5) is 19.3.